The number of hydrogen-bond donors (Lipinski definition) is 1. The minimum absolute atomic E-state index is 1.05. The van der Waals surface area contributed by atoms with E-state index < -0.39 is 0 Å². The second-order valence-corrected chi connectivity index (χ2v) is 3.31. The van der Waals surface area contributed by atoms with Crippen LogP contribution in [0.1, 0.15) is 19.4 Å². The molecule has 0 aromatic heterocycles. The summed E-state index contributed by atoms with van der Waals surface area (Å²) in [5.74, 6) is 0. The summed E-state index contributed by atoms with van der Waals surface area (Å²) < 4.78 is 0. The molecule has 0 saturated heterocycles. The highest BCUT2D eigenvalue weighted by Crippen LogP contribution is 2.17. The number of thiocarbonyl (C=S) groups is 1. The zero-order valence-corrected chi connectivity index (χ0v) is 8.69. The molecule has 1 N–H and O–H groups in total. The van der Waals surface area contributed by atoms with Gasteiger partial charge in [0.25, 0.3) is 0 Å². The lowest BCUT2D eigenvalue weighted by Crippen LogP contribution is -1.94. The van der Waals surface area contributed by atoms with E-state index in [4.69, 9.17) is 12.2 Å². The maximum Gasteiger partial charge on any atom is 0.0659 e. The number of hydrogen-bond acceptors (Lipinski definition) is 1. The molecule has 0 unspecified atom stereocenters. The second kappa shape index (κ2) is 4.77. The van der Waals surface area contributed by atoms with Crippen molar-refractivity contribution in [3.8, 4) is 0 Å². The van der Waals surface area contributed by atoms with Crippen molar-refractivity contribution in [2.75, 3.05) is 5.32 Å². The minimum atomic E-state index is 1.05. The SMILES string of the molecule is CC(C)=Cc1ccccc1NC=S. The zero-order chi connectivity index (χ0) is 9.68. The molecular formula is C11H13NS. The quantitative estimate of drug-likeness (QED) is 0.734. The van der Waals surface area contributed by atoms with Crippen LogP contribution in [0.4, 0.5) is 5.69 Å². The largest absolute Gasteiger partial charge is 0.352 e. The Hall–Kier alpha value is -1.15. The van der Waals surface area contributed by atoms with Gasteiger partial charge in [-0.2, -0.15) is 0 Å². The van der Waals surface area contributed by atoms with Crippen molar-refractivity contribution in [3.63, 3.8) is 0 Å². The summed E-state index contributed by atoms with van der Waals surface area (Å²) in [7, 11) is 0. The van der Waals surface area contributed by atoms with Gasteiger partial charge in [-0.15, -0.1) is 0 Å². The van der Waals surface area contributed by atoms with E-state index in [1.807, 2.05) is 18.2 Å². The molecule has 1 rings (SSSR count). The van der Waals surface area contributed by atoms with Gasteiger partial charge in [-0.1, -0.05) is 42.1 Å². The van der Waals surface area contributed by atoms with Gasteiger partial charge in [-0.05, 0) is 25.5 Å². The molecule has 13 heavy (non-hydrogen) atoms. The molecular weight excluding hydrogens is 178 g/mol. The number of rotatable bonds is 3. The smallest absolute Gasteiger partial charge is 0.0659 e. The van der Waals surface area contributed by atoms with Crippen molar-refractivity contribution < 1.29 is 0 Å². The first kappa shape index (κ1) is 9.93. The van der Waals surface area contributed by atoms with Gasteiger partial charge in [0, 0.05) is 5.69 Å². The predicted molar refractivity (Wildman–Crippen MR) is 63.0 cm³/mol. The number of nitrogens with one attached hydrogen (secondary N) is 1. The fraction of sp³-hybridized carbons (Fsp3) is 0.182. The lowest BCUT2D eigenvalue weighted by atomic mass is 10.1. The first-order chi connectivity index (χ1) is 6.24. The lowest BCUT2D eigenvalue weighted by Gasteiger charge is -2.04. The Bertz CT molecular complexity index is 325. The Balaban J connectivity index is 3.04. The molecule has 0 atom stereocenters. The molecule has 0 aliphatic heterocycles. The van der Waals surface area contributed by atoms with Crippen LogP contribution in [0.15, 0.2) is 29.8 Å². The van der Waals surface area contributed by atoms with E-state index in [-0.39, 0.29) is 0 Å². The molecule has 0 saturated carbocycles. The Labute approximate surface area is 84.5 Å². The van der Waals surface area contributed by atoms with E-state index in [2.05, 4.69) is 31.3 Å². The highest BCUT2D eigenvalue weighted by Gasteiger charge is 1.95. The highest BCUT2D eigenvalue weighted by molar-refractivity contribution is 7.79. The van der Waals surface area contributed by atoms with Crippen molar-refractivity contribution in [2.45, 2.75) is 13.8 Å². The molecule has 0 heterocycles. The average Bonchev–Trinajstić information content (AvgIpc) is 2.08. The van der Waals surface area contributed by atoms with Gasteiger partial charge in [-0.3, -0.25) is 0 Å². The molecule has 0 spiro atoms. The van der Waals surface area contributed by atoms with Gasteiger partial charge in [0.2, 0.25) is 0 Å². The number of anilines is 1. The molecule has 68 valence electrons. The van der Waals surface area contributed by atoms with Crippen LogP contribution < -0.4 is 5.32 Å². The van der Waals surface area contributed by atoms with Crippen LogP contribution in [0, 0.1) is 0 Å². The van der Waals surface area contributed by atoms with E-state index in [0.717, 1.165) is 5.69 Å². The van der Waals surface area contributed by atoms with Crippen molar-refractivity contribution in [1.29, 1.82) is 0 Å². The summed E-state index contributed by atoms with van der Waals surface area (Å²) in [5, 5.41) is 3.03. The fourth-order valence-corrected chi connectivity index (χ4v) is 1.26. The number of para-hydroxylation sites is 1. The third-order valence-corrected chi connectivity index (χ3v) is 1.74. The van der Waals surface area contributed by atoms with Crippen molar-refractivity contribution in [1.82, 2.24) is 0 Å². The summed E-state index contributed by atoms with van der Waals surface area (Å²) >= 11 is 4.75. The first-order valence-electron chi connectivity index (χ1n) is 4.18. The summed E-state index contributed by atoms with van der Waals surface area (Å²) in [6.45, 7) is 4.16. The van der Waals surface area contributed by atoms with Crippen LogP contribution >= 0.6 is 12.2 Å². The lowest BCUT2D eigenvalue weighted by molar-refractivity contribution is 1.42. The van der Waals surface area contributed by atoms with Gasteiger partial charge >= 0.3 is 0 Å². The molecule has 1 aromatic carbocycles. The normalized spacial score (nSPS) is 9.08. The Morgan fingerprint density at radius 2 is 2.00 bits per heavy atom. The molecule has 1 nitrogen and oxygen atoms in total. The second-order valence-electron chi connectivity index (χ2n) is 3.07. The maximum atomic E-state index is 4.75. The summed E-state index contributed by atoms with van der Waals surface area (Å²) in [6.07, 6.45) is 2.13. The molecule has 0 radical (unpaired) electrons. The van der Waals surface area contributed by atoms with Crippen LogP contribution in [0.25, 0.3) is 6.08 Å². The van der Waals surface area contributed by atoms with Crippen molar-refractivity contribution in [3.05, 3.63) is 35.4 Å². The molecule has 0 fully saturated rings. The molecule has 2 heteroatoms. The van der Waals surface area contributed by atoms with Crippen molar-refractivity contribution in [2.24, 2.45) is 0 Å². The molecule has 0 bridgehead atoms. The van der Waals surface area contributed by atoms with E-state index in [0.29, 0.717) is 0 Å². The van der Waals surface area contributed by atoms with E-state index in [9.17, 15) is 0 Å². The van der Waals surface area contributed by atoms with Crippen molar-refractivity contribution >= 4 is 29.5 Å². The van der Waals surface area contributed by atoms with E-state index in [1.54, 1.807) is 0 Å². The zero-order valence-electron chi connectivity index (χ0n) is 7.87. The van der Waals surface area contributed by atoms with Gasteiger partial charge in [0.1, 0.15) is 0 Å². The molecule has 0 aliphatic carbocycles. The average molecular weight is 191 g/mol. The monoisotopic (exact) mass is 191 g/mol. The van der Waals surface area contributed by atoms with Crippen LogP contribution in [0.5, 0.6) is 0 Å². The highest BCUT2D eigenvalue weighted by atomic mass is 32.1. The number of benzene rings is 1. The van der Waals surface area contributed by atoms with E-state index in [1.165, 1.54) is 16.6 Å². The van der Waals surface area contributed by atoms with E-state index >= 15 is 0 Å². The predicted octanol–water partition coefficient (Wildman–Crippen LogP) is 3.48. The Kier molecular flexibility index (Phi) is 3.65. The third-order valence-electron chi connectivity index (χ3n) is 1.62. The van der Waals surface area contributed by atoms with Crippen LogP contribution in [0.2, 0.25) is 0 Å². The van der Waals surface area contributed by atoms with Crippen LogP contribution in [-0.4, -0.2) is 5.49 Å². The molecule has 0 aliphatic rings. The van der Waals surface area contributed by atoms with Gasteiger partial charge in [0.15, 0.2) is 0 Å². The Morgan fingerprint density at radius 3 is 2.62 bits per heavy atom. The van der Waals surface area contributed by atoms with Gasteiger partial charge < -0.3 is 5.32 Å². The van der Waals surface area contributed by atoms with Crippen LogP contribution in [0.3, 0.4) is 0 Å². The van der Waals surface area contributed by atoms with Crippen LogP contribution in [-0.2, 0) is 0 Å². The summed E-state index contributed by atoms with van der Waals surface area (Å²) in [5.41, 5.74) is 5.03. The standard InChI is InChI=1S/C11H13NS/c1-9(2)7-10-5-3-4-6-11(10)12-8-13/h3-8H,1-2H3,(H,12,13). The minimum Gasteiger partial charge on any atom is -0.352 e. The Morgan fingerprint density at radius 1 is 1.31 bits per heavy atom. The summed E-state index contributed by atoms with van der Waals surface area (Å²) in [4.78, 5) is 0. The maximum absolute atomic E-state index is 4.75. The number of allylic oxidation sites excluding steroid dienone is 1. The molecule has 1 aromatic rings. The molecule has 0 amide bonds. The van der Waals surface area contributed by atoms with Gasteiger partial charge in [0.05, 0.1) is 5.49 Å². The third kappa shape index (κ3) is 2.99. The summed E-state index contributed by atoms with van der Waals surface area (Å²) in [6, 6.07) is 8.08. The first-order valence-corrected chi connectivity index (χ1v) is 4.65. The topological polar surface area (TPSA) is 12.0 Å². The fourth-order valence-electron chi connectivity index (χ4n) is 1.13. The van der Waals surface area contributed by atoms with Gasteiger partial charge in [-0.25, -0.2) is 0 Å².